The first kappa shape index (κ1) is 21.0. The van der Waals surface area contributed by atoms with Crippen LogP contribution in [-0.4, -0.2) is 61.4 Å². The lowest BCUT2D eigenvalue weighted by Gasteiger charge is -2.27. The first-order chi connectivity index (χ1) is 12.1. The predicted octanol–water partition coefficient (Wildman–Crippen LogP) is 1.60. The molecule has 2 amide bonds. The molecule has 0 aliphatic carbocycles. The Labute approximate surface area is 148 Å². The molecule has 0 saturated heterocycles. The smallest absolute Gasteiger partial charge is 0.261 e. The highest BCUT2D eigenvalue weighted by molar-refractivity contribution is 5.98. The van der Waals surface area contributed by atoms with E-state index in [0.29, 0.717) is 50.9 Å². The number of carbonyl (C=O) groups excluding carboxylic acids is 2. The van der Waals surface area contributed by atoms with Gasteiger partial charge in [0.2, 0.25) is 0 Å². The zero-order valence-electron chi connectivity index (χ0n) is 14.8. The molecule has 140 valence electrons. The van der Waals surface area contributed by atoms with Crippen LogP contribution in [0, 0.1) is 5.21 Å². The van der Waals surface area contributed by atoms with Crippen LogP contribution in [0.25, 0.3) is 0 Å². The molecule has 0 aliphatic rings. The second-order valence-corrected chi connectivity index (χ2v) is 5.19. The Balaban J connectivity index is 2.52. The van der Waals surface area contributed by atoms with Gasteiger partial charge in [0.1, 0.15) is 5.69 Å². The van der Waals surface area contributed by atoms with Gasteiger partial charge in [0.05, 0.1) is 0 Å². The summed E-state index contributed by atoms with van der Waals surface area (Å²) in [7, 11) is 0. The minimum Gasteiger partial charge on any atom is -0.756 e. The van der Waals surface area contributed by atoms with Crippen molar-refractivity contribution in [1.82, 2.24) is 15.4 Å². The Morgan fingerprint density at radius 1 is 1.20 bits per heavy atom. The summed E-state index contributed by atoms with van der Waals surface area (Å²) in [5.74, 6) is -1.08. The predicted molar refractivity (Wildman–Crippen MR) is 93.2 cm³/mol. The number of pyridine rings is 1. The van der Waals surface area contributed by atoms with E-state index in [1.165, 1.54) is 18.3 Å². The fraction of sp³-hybridized carbons (Fsp3) is 0.588. The summed E-state index contributed by atoms with van der Waals surface area (Å²) < 4.78 is 10.3. The van der Waals surface area contributed by atoms with Gasteiger partial charge in [-0.15, -0.1) is 0 Å². The summed E-state index contributed by atoms with van der Waals surface area (Å²) in [6.07, 6.45) is 2.49. The molecule has 8 nitrogen and oxygen atoms in total. The third-order valence-electron chi connectivity index (χ3n) is 3.28. The number of aromatic nitrogens is 1. The monoisotopic (exact) mass is 352 g/mol. The summed E-state index contributed by atoms with van der Waals surface area (Å²) in [4.78, 5) is 28.0. The normalized spacial score (nSPS) is 10.5. The Hall–Kier alpha value is -2.03. The Kier molecular flexibility index (Phi) is 10.4. The molecule has 1 heterocycles. The lowest BCUT2D eigenvalue weighted by Crippen LogP contribution is -2.29. The second-order valence-electron chi connectivity index (χ2n) is 5.19. The minimum absolute atomic E-state index is 0.0222. The molecule has 0 aromatic carbocycles. The van der Waals surface area contributed by atoms with Crippen LogP contribution in [0.3, 0.4) is 0 Å². The number of nitrogens with one attached hydrogen (secondary N) is 1. The average Bonchev–Trinajstić information content (AvgIpc) is 2.64. The molecular weight excluding hydrogens is 326 g/mol. The van der Waals surface area contributed by atoms with Gasteiger partial charge in [-0.25, -0.2) is 0 Å². The molecule has 0 bridgehead atoms. The topological polar surface area (TPSA) is 104 Å². The van der Waals surface area contributed by atoms with Crippen LogP contribution in [0.15, 0.2) is 18.3 Å². The molecule has 8 heteroatoms. The standard InChI is InChI=1S/C17H26N3O5/c1-3-24-11-5-8-19-16(21)14-7-9-18-15(13-14)17(22)20(23)10-6-12-25-4-2/h7,9,13H,3-6,8,10-12H2,1-2H3,(H,19,21)/q-1. The van der Waals surface area contributed by atoms with Gasteiger partial charge in [-0.05, 0) is 38.8 Å². The van der Waals surface area contributed by atoms with Crippen molar-refractivity contribution in [3.8, 4) is 0 Å². The molecule has 0 unspecified atom stereocenters. The van der Waals surface area contributed by atoms with Crippen molar-refractivity contribution in [2.75, 3.05) is 39.5 Å². The zero-order chi connectivity index (χ0) is 18.5. The van der Waals surface area contributed by atoms with Crippen molar-refractivity contribution in [3.63, 3.8) is 0 Å². The van der Waals surface area contributed by atoms with E-state index in [1.54, 1.807) is 0 Å². The molecule has 0 saturated carbocycles. The Morgan fingerprint density at radius 2 is 1.88 bits per heavy atom. The number of hydrogen-bond acceptors (Lipinski definition) is 6. The van der Waals surface area contributed by atoms with Crippen molar-refractivity contribution in [3.05, 3.63) is 34.8 Å². The van der Waals surface area contributed by atoms with Gasteiger partial charge in [0, 0.05) is 51.3 Å². The third kappa shape index (κ3) is 8.06. The van der Waals surface area contributed by atoms with Crippen molar-refractivity contribution < 1.29 is 19.1 Å². The van der Waals surface area contributed by atoms with E-state index in [-0.39, 0.29) is 23.7 Å². The summed E-state index contributed by atoms with van der Waals surface area (Å²) in [5.41, 5.74) is 0.242. The van der Waals surface area contributed by atoms with Gasteiger partial charge >= 0.3 is 0 Å². The van der Waals surface area contributed by atoms with Gasteiger partial charge in [0.25, 0.3) is 11.8 Å². The number of hydrogen-bond donors (Lipinski definition) is 1. The molecule has 1 N–H and O–H groups in total. The molecule has 1 aromatic heterocycles. The fourth-order valence-corrected chi connectivity index (χ4v) is 2.00. The lowest BCUT2D eigenvalue weighted by atomic mass is 10.2. The number of carbonyl (C=O) groups is 2. The van der Waals surface area contributed by atoms with Gasteiger partial charge in [-0.1, -0.05) is 0 Å². The van der Waals surface area contributed by atoms with Gasteiger partial charge in [-0.3, -0.25) is 14.6 Å². The van der Waals surface area contributed by atoms with Crippen molar-refractivity contribution in [2.45, 2.75) is 26.7 Å². The molecule has 0 spiro atoms. The van der Waals surface area contributed by atoms with Crippen molar-refractivity contribution in [2.24, 2.45) is 0 Å². The maximum atomic E-state index is 12.1. The maximum Gasteiger partial charge on any atom is 0.261 e. The molecule has 25 heavy (non-hydrogen) atoms. The lowest BCUT2D eigenvalue weighted by molar-refractivity contribution is 0.0793. The summed E-state index contributed by atoms with van der Waals surface area (Å²) in [5, 5.41) is 14.9. The second kappa shape index (κ2) is 12.3. The van der Waals surface area contributed by atoms with E-state index in [4.69, 9.17) is 9.47 Å². The highest BCUT2D eigenvalue weighted by Crippen LogP contribution is 2.06. The number of amides is 2. The van der Waals surface area contributed by atoms with Gasteiger partial charge in [-0.2, -0.15) is 0 Å². The number of ether oxygens (including phenoxy) is 2. The molecule has 0 fully saturated rings. The first-order valence-electron chi connectivity index (χ1n) is 8.48. The van der Waals surface area contributed by atoms with E-state index in [2.05, 4.69) is 10.3 Å². The maximum absolute atomic E-state index is 12.1. The Bertz CT molecular complexity index is 539. The van der Waals surface area contributed by atoms with E-state index in [1.807, 2.05) is 13.8 Å². The molecule has 1 rings (SSSR count). The zero-order valence-corrected chi connectivity index (χ0v) is 14.8. The molecule has 0 radical (unpaired) electrons. The largest absolute Gasteiger partial charge is 0.756 e. The quantitative estimate of drug-likeness (QED) is 0.453. The number of nitrogens with zero attached hydrogens (tertiary/aromatic N) is 2. The SMILES string of the molecule is CCOCCCNC(=O)c1ccnc(C(=O)N([O-])CCCOCC)c1. The minimum atomic E-state index is -0.762. The molecule has 1 aromatic rings. The average molecular weight is 352 g/mol. The van der Waals surface area contributed by atoms with Crippen LogP contribution in [0.2, 0.25) is 0 Å². The van der Waals surface area contributed by atoms with Crippen LogP contribution in [-0.2, 0) is 9.47 Å². The molecular formula is C17H26N3O5-. The van der Waals surface area contributed by atoms with Crippen LogP contribution < -0.4 is 5.32 Å². The van der Waals surface area contributed by atoms with Crippen LogP contribution in [0.1, 0.15) is 47.5 Å². The van der Waals surface area contributed by atoms with Crippen LogP contribution >= 0.6 is 0 Å². The van der Waals surface area contributed by atoms with Gasteiger partial charge in [0.15, 0.2) is 0 Å². The van der Waals surface area contributed by atoms with Gasteiger partial charge < -0.3 is 25.1 Å². The molecule has 0 aliphatic heterocycles. The highest BCUT2D eigenvalue weighted by Gasteiger charge is 2.13. The van der Waals surface area contributed by atoms with E-state index >= 15 is 0 Å². The van der Waals surface area contributed by atoms with E-state index < -0.39 is 5.91 Å². The van der Waals surface area contributed by atoms with E-state index in [9.17, 15) is 14.8 Å². The number of rotatable bonds is 12. The summed E-state index contributed by atoms with van der Waals surface area (Å²) in [6.45, 7) is 6.45. The fourth-order valence-electron chi connectivity index (χ4n) is 2.00. The molecule has 0 atom stereocenters. The van der Waals surface area contributed by atoms with Crippen molar-refractivity contribution >= 4 is 11.8 Å². The van der Waals surface area contributed by atoms with Crippen LogP contribution in [0.5, 0.6) is 0 Å². The number of hydroxylamine groups is 2. The summed E-state index contributed by atoms with van der Waals surface area (Å²) >= 11 is 0. The van der Waals surface area contributed by atoms with Crippen LogP contribution in [0.4, 0.5) is 0 Å². The van der Waals surface area contributed by atoms with Crippen molar-refractivity contribution in [1.29, 1.82) is 0 Å². The van der Waals surface area contributed by atoms with E-state index in [0.717, 1.165) is 0 Å². The summed E-state index contributed by atoms with van der Waals surface area (Å²) in [6, 6.07) is 2.83. The Morgan fingerprint density at radius 3 is 2.56 bits per heavy atom. The highest BCUT2D eigenvalue weighted by atomic mass is 16.5. The third-order valence-corrected chi connectivity index (χ3v) is 3.28. The first-order valence-corrected chi connectivity index (χ1v) is 8.48.